The molecule has 3 heterocycles. The zero-order valence-electron chi connectivity index (χ0n) is 23.1. The van der Waals surface area contributed by atoms with Crippen LogP contribution < -0.4 is 21.3 Å². The summed E-state index contributed by atoms with van der Waals surface area (Å²) in [5.41, 5.74) is 11.2. The molecule has 0 aliphatic carbocycles. The highest BCUT2D eigenvalue weighted by atomic mass is 16.1. The normalized spacial score (nSPS) is 14.2. The molecule has 1 aliphatic heterocycles. The van der Waals surface area contributed by atoms with Crippen molar-refractivity contribution in [3.8, 4) is 11.3 Å². The fourth-order valence-electron chi connectivity index (χ4n) is 4.60. The largest absolute Gasteiger partial charge is 0.383 e. The number of nitrogen functional groups attached to an aromatic ring is 1. The number of benzene rings is 2. The number of anilines is 5. The van der Waals surface area contributed by atoms with Crippen LogP contribution >= 0.6 is 0 Å². The van der Waals surface area contributed by atoms with Gasteiger partial charge in [0.25, 0.3) is 0 Å². The molecule has 1 amide bonds. The first-order chi connectivity index (χ1) is 19.4. The number of carbonyl (C=O) groups is 1. The van der Waals surface area contributed by atoms with Gasteiger partial charge in [-0.2, -0.15) is 4.98 Å². The highest BCUT2D eigenvalue weighted by molar-refractivity contribution is 6.01. The van der Waals surface area contributed by atoms with Crippen molar-refractivity contribution >= 4 is 45.6 Å². The van der Waals surface area contributed by atoms with Crippen molar-refractivity contribution < 1.29 is 4.79 Å². The van der Waals surface area contributed by atoms with Crippen molar-refractivity contribution in [1.29, 1.82) is 0 Å². The van der Waals surface area contributed by atoms with E-state index >= 15 is 0 Å². The summed E-state index contributed by atoms with van der Waals surface area (Å²) in [5, 5.41) is 6.93. The molecule has 1 saturated heterocycles. The lowest BCUT2D eigenvalue weighted by Gasteiger charge is -2.34. The van der Waals surface area contributed by atoms with E-state index in [9.17, 15) is 4.79 Å². The molecule has 10 heteroatoms. The van der Waals surface area contributed by atoms with Gasteiger partial charge in [-0.3, -0.25) is 9.78 Å². The van der Waals surface area contributed by atoms with Crippen molar-refractivity contribution in [3.63, 3.8) is 0 Å². The Morgan fingerprint density at radius 1 is 1.02 bits per heavy atom. The Balaban J connectivity index is 1.37. The number of para-hydroxylation sites is 1. The van der Waals surface area contributed by atoms with Crippen LogP contribution in [0, 0.1) is 0 Å². The van der Waals surface area contributed by atoms with Gasteiger partial charge in [0.2, 0.25) is 11.9 Å². The maximum atomic E-state index is 12.4. The number of hydrogen-bond donors (Lipinski definition) is 3. The minimum absolute atomic E-state index is 0.200. The maximum absolute atomic E-state index is 12.4. The molecule has 0 saturated carbocycles. The number of amides is 1. The average molecular weight is 538 g/mol. The second kappa shape index (κ2) is 12.1. The second-order valence-corrected chi connectivity index (χ2v) is 10.2. The lowest BCUT2D eigenvalue weighted by atomic mass is 10.1. The number of nitrogens with one attached hydrogen (secondary N) is 2. The molecule has 1 fully saturated rings. The highest BCUT2D eigenvalue weighted by Crippen LogP contribution is 2.31. The monoisotopic (exact) mass is 537 g/mol. The van der Waals surface area contributed by atoms with Gasteiger partial charge in [-0.15, -0.1) is 0 Å². The summed E-state index contributed by atoms with van der Waals surface area (Å²) in [6.07, 6.45) is 5.01. The van der Waals surface area contributed by atoms with Crippen LogP contribution in [0.2, 0.25) is 0 Å². The van der Waals surface area contributed by atoms with E-state index in [0.29, 0.717) is 35.2 Å². The Morgan fingerprint density at radius 3 is 2.55 bits per heavy atom. The Morgan fingerprint density at radius 2 is 1.80 bits per heavy atom. The minimum Gasteiger partial charge on any atom is -0.383 e. The smallest absolute Gasteiger partial charge is 0.248 e. The summed E-state index contributed by atoms with van der Waals surface area (Å²) in [7, 11) is 6.05. The number of rotatable bonds is 8. The molecule has 40 heavy (non-hydrogen) atoms. The van der Waals surface area contributed by atoms with Crippen LogP contribution in [0.15, 0.2) is 72.9 Å². The zero-order valence-corrected chi connectivity index (χ0v) is 23.1. The van der Waals surface area contributed by atoms with Gasteiger partial charge in [-0.05, 0) is 63.6 Å². The number of nitrogens with zero attached hydrogens (tertiary/aromatic N) is 6. The Bertz CT molecular complexity index is 1510. The second-order valence-electron chi connectivity index (χ2n) is 10.2. The van der Waals surface area contributed by atoms with E-state index in [1.165, 1.54) is 11.8 Å². The summed E-state index contributed by atoms with van der Waals surface area (Å²) in [5.74, 6) is 0.577. The first-order valence-corrected chi connectivity index (χ1v) is 13.3. The number of likely N-dealkylation sites (N-methyl/N-ethyl adjacent to an activating group) is 2. The quantitative estimate of drug-likeness (QED) is 0.289. The maximum Gasteiger partial charge on any atom is 0.248 e. The molecule has 2 aromatic carbocycles. The molecular weight excluding hydrogens is 502 g/mol. The molecule has 206 valence electrons. The van der Waals surface area contributed by atoms with E-state index < -0.39 is 0 Å². The van der Waals surface area contributed by atoms with Crippen LogP contribution in [-0.2, 0) is 4.79 Å². The molecular formula is C30H35N9O. The van der Waals surface area contributed by atoms with Crippen molar-refractivity contribution in [2.75, 3.05) is 75.1 Å². The van der Waals surface area contributed by atoms with Gasteiger partial charge in [0, 0.05) is 73.0 Å². The summed E-state index contributed by atoms with van der Waals surface area (Å²) in [4.78, 5) is 32.9. The lowest BCUT2D eigenvalue weighted by molar-refractivity contribution is -0.111. The molecule has 0 spiro atoms. The van der Waals surface area contributed by atoms with Crippen molar-refractivity contribution in [3.05, 3.63) is 72.9 Å². The van der Waals surface area contributed by atoms with Gasteiger partial charge >= 0.3 is 0 Å². The van der Waals surface area contributed by atoms with E-state index in [1.54, 1.807) is 12.3 Å². The van der Waals surface area contributed by atoms with Crippen LogP contribution in [0.25, 0.3) is 22.2 Å². The lowest BCUT2D eigenvalue weighted by Crippen LogP contribution is -2.44. The first-order valence-electron chi connectivity index (χ1n) is 13.3. The predicted octanol–water partition coefficient (Wildman–Crippen LogP) is 3.83. The van der Waals surface area contributed by atoms with Gasteiger partial charge < -0.3 is 31.1 Å². The van der Waals surface area contributed by atoms with Crippen molar-refractivity contribution in [2.24, 2.45) is 0 Å². The number of pyridine rings is 1. The van der Waals surface area contributed by atoms with Crippen LogP contribution in [0.5, 0.6) is 0 Å². The van der Waals surface area contributed by atoms with E-state index in [4.69, 9.17) is 10.7 Å². The number of fused-ring (bicyclic) bond motifs is 1. The number of carbonyl (C=O) groups excluding carboxylic acids is 1. The Labute approximate surface area is 234 Å². The molecule has 0 bridgehead atoms. The SMILES string of the molecule is CN(C)CC=CC(=O)Nc1ccnc(-c2cccc3c(N)nc(Nc4ccc(N5CCN(C)CC5)cc4)nc23)c1. The summed E-state index contributed by atoms with van der Waals surface area (Å²) < 4.78 is 0. The molecule has 10 nitrogen and oxygen atoms in total. The number of aromatic nitrogens is 3. The molecule has 5 rings (SSSR count). The Kier molecular flexibility index (Phi) is 8.18. The summed E-state index contributed by atoms with van der Waals surface area (Å²) >= 11 is 0. The van der Waals surface area contributed by atoms with Gasteiger partial charge in [0.15, 0.2) is 0 Å². The molecule has 1 aliphatic rings. The minimum atomic E-state index is -0.200. The third-order valence-electron chi connectivity index (χ3n) is 6.79. The first kappa shape index (κ1) is 27.0. The van der Waals surface area contributed by atoms with Crippen LogP contribution in [-0.4, -0.2) is 84.5 Å². The third-order valence-corrected chi connectivity index (χ3v) is 6.79. The van der Waals surface area contributed by atoms with Crippen molar-refractivity contribution in [1.82, 2.24) is 24.8 Å². The molecule has 0 unspecified atom stereocenters. The molecule has 2 aromatic heterocycles. The van der Waals surface area contributed by atoms with E-state index in [-0.39, 0.29) is 5.91 Å². The highest BCUT2D eigenvalue weighted by Gasteiger charge is 2.15. The summed E-state index contributed by atoms with van der Waals surface area (Å²) in [6.45, 7) is 4.84. The van der Waals surface area contributed by atoms with Crippen LogP contribution in [0.3, 0.4) is 0 Å². The predicted molar refractivity (Wildman–Crippen MR) is 163 cm³/mol. The average Bonchev–Trinajstić information content (AvgIpc) is 2.94. The van der Waals surface area contributed by atoms with Gasteiger partial charge in [-0.25, -0.2) is 4.98 Å². The van der Waals surface area contributed by atoms with E-state index in [2.05, 4.69) is 49.6 Å². The van der Waals surface area contributed by atoms with Crippen LogP contribution in [0.1, 0.15) is 0 Å². The third kappa shape index (κ3) is 6.53. The zero-order chi connectivity index (χ0) is 28.1. The molecule has 4 aromatic rings. The number of nitrogens with two attached hydrogens (primary N) is 1. The number of piperazine rings is 1. The molecule has 0 atom stereocenters. The summed E-state index contributed by atoms with van der Waals surface area (Å²) in [6, 6.07) is 17.6. The fourth-order valence-corrected chi connectivity index (χ4v) is 4.60. The molecule has 4 N–H and O–H groups in total. The van der Waals surface area contributed by atoms with E-state index in [0.717, 1.165) is 42.8 Å². The van der Waals surface area contributed by atoms with Gasteiger partial charge in [-0.1, -0.05) is 18.2 Å². The van der Waals surface area contributed by atoms with E-state index in [1.807, 2.05) is 61.5 Å². The Hall–Kier alpha value is -4.54. The molecule has 0 radical (unpaired) electrons. The van der Waals surface area contributed by atoms with Crippen LogP contribution in [0.4, 0.5) is 28.8 Å². The standard InChI is InChI=1S/C30H35N9O/c1-37(2)15-5-8-27(40)33-22-13-14-32-26(20-22)24-6-4-7-25-28(24)35-30(36-29(25)31)34-21-9-11-23(12-10-21)39-18-16-38(3)17-19-39/h4-14,20H,15-19H2,1-3H3,(H,32,33,40)(H3,31,34,35,36). The number of hydrogen-bond acceptors (Lipinski definition) is 9. The fraction of sp³-hybridized carbons (Fsp3) is 0.267. The van der Waals surface area contributed by atoms with Gasteiger partial charge in [0.05, 0.1) is 11.2 Å². The topological polar surface area (TPSA) is 116 Å². The van der Waals surface area contributed by atoms with Crippen molar-refractivity contribution in [2.45, 2.75) is 0 Å². The van der Waals surface area contributed by atoms with Gasteiger partial charge in [0.1, 0.15) is 5.82 Å².